The lowest BCUT2D eigenvalue weighted by molar-refractivity contribution is 0.0903. The topological polar surface area (TPSA) is 93.9 Å². The molecule has 1 aromatic heterocycles. The second kappa shape index (κ2) is 3.65. The number of carbonyl (C=O) groups is 1. The molecule has 66 valence electrons. The summed E-state index contributed by atoms with van der Waals surface area (Å²) in [4.78, 5) is 24.0. The molecule has 0 saturated heterocycles. The number of rotatable bonds is 2. The van der Waals surface area contributed by atoms with Crippen LogP contribution in [0.1, 0.15) is 15.9 Å². The first kappa shape index (κ1) is 9.16. The molecule has 0 unspecified atom stereocenters. The standard InChI is InChI=1S/C8H6N2O3/c9-2-5-1-6(7(12)4-11)3-10-8(5)13/h1,3,11H,4H2,(H,10,13). The van der Waals surface area contributed by atoms with E-state index in [1.165, 1.54) is 6.20 Å². The molecular weight excluding hydrogens is 172 g/mol. The van der Waals surface area contributed by atoms with E-state index in [2.05, 4.69) is 4.98 Å². The molecule has 0 atom stereocenters. The van der Waals surface area contributed by atoms with Crippen molar-refractivity contribution in [3.8, 4) is 6.07 Å². The quantitative estimate of drug-likeness (QED) is 0.592. The lowest BCUT2D eigenvalue weighted by atomic mass is 10.1. The largest absolute Gasteiger partial charge is 0.388 e. The molecule has 0 bridgehead atoms. The van der Waals surface area contributed by atoms with Crippen molar-refractivity contribution in [1.82, 2.24) is 4.98 Å². The van der Waals surface area contributed by atoms with E-state index in [9.17, 15) is 9.59 Å². The molecule has 2 N–H and O–H groups in total. The van der Waals surface area contributed by atoms with Crippen LogP contribution in [0.2, 0.25) is 0 Å². The fraction of sp³-hybridized carbons (Fsp3) is 0.125. The fourth-order valence-corrected chi connectivity index (χ4v) is 0.819. The Kier molecular flexibility index (Phi) is 2.57. The van der Waals surface area contributed by atoms with Gasteiger partial charge in [-0.15, -0.1) is 0 Å². The highest BCUT2D eigenvalue weighted by Gasteiger charge is 2.06. The third kappa shape index (κ3) is 1.80. The zero-order valence-corrected chi connectivity index (χ0v) is 6.57. The average molecular weight is 178 g/mol. The summed E-state index contributed by atoms with van der Waals surface area (Å²) in [6, 6.07) is 2.79. The van der Waals surface area contributed by atoms with Gasteiger partial charge in [0.2, 0.25) is 0 Å². The molecule has 0 aliphatic rings. The molecule has 5 nitrogen and oxygen atoms in total. The Bertz CT molecular complexity index is 428. The summed E-state index contributed by atoms with van der Waals surface area (Å²) in [6.45, 7) is -0.642. The van der Waals surface area contributed by atoms with Crippen LogP contribution in [0.5, 0.6) is 0 Å². The summed E-state index contributed by atoms with van der Waals surface area (Å²) in [7, 11) is 0. The summed E-state index contributed by atoms with van der Waals surface area (Å²) < 4.78 is 0. The molecule has 5 heteroatoms. The first-order chi connectivity index (χ1) is 6.19. The van der Waals surface area contributed by atoms with Crippen LogP contribution in [0.15, 0.2) is 17.1 Å². The van der Waals surface area contributed by atoms with Crippen molar-refractivity contribution >= 4 is 5.78 Å². The number of carbonyl (C=O) groups excluding carboxylic acids is 1. The number of aliphatic hydroxyl groups excluding tert-OH is 1. The lowest BCUT2D eigenvalue weighted by Crippen LogP contribution is -2.13. The van der Waals surface area contributed by atoms with Crippen LogP contribution in [-0.4, -0.2) is 22.5 Å². The molecule has 0 aliphatic carbocycles. The highest BCUT2D eigenvalue weighted by atomic mass is 16.3. The van der Waals surface area contributed by atoms with Crippen LogP contribution in [0.3, 0.4) is 0 Å². The molecule has 0 spiro atoms. The number of aromatic nitrogens is 1. The van der Waals surface area contributed by atoms with Crippen LogP contribution >= 0.6 is 0 Å². The maximum atomic E-state index is 10.9. The van der Waals surface area contributed by atoms with Crippen LogP contribution in [0, 0.1) is 11.3 Å². The summed E-state index contributed by atoms with van der Waals surface area (Å²) in [5.41, 5.74) is -0.560. The molecule has 0 fully saturated rings. The number of H-pyrrole nitrogens is 1. The predicted octanol–water partition coefficient (Wildman–Crippen LogP) is -0.578. The maximum absolute atomic E-state index is 10.9. The Balaban J connectivity index is 3.23. The number of hydrogen-bond acceptors (Lipinski definition) is 4. The SMILES string of the molecule is N#Cc1cc(C(=O)CO)c[nH]c1=O. The van der Waals surface area contributed by atoms with Crippen molar-refractivity contribution in [2.45, 2.75) is 0 Å². The van der Waals surface area contributed by atoms with Crippen molar-refractivity contribution in [3.63, 3.8) is 0 Å². The number of aliphatic hydroxyl groups is 1. The van der Waals surface area contributed by atoms with Gasteiger partial charge >= 0.3 is 0 Å². The van der Waals surface area contributed by atoms with Crippen LogP contribution < -0.4 is 5.56 Å². The molecule has 0 amide bonds. The van der Waals surface area contributed by atoms with Crippen LogP contribution in [-0.2, 0) is 0 Å². The Hall–Kier alpha value is -1.93. The summed E-state index contributed by atoms with van der Waals surface area (Å²) in [6.07, 6.45) is 1.17. The van der Waals surface area contributed by atoms with Gasteiger partial charge in [-0.3, -0.25) is 9.59 Å². The zero-order chi connectivity index (χ0) is 9.84. The van der Waals surface area contributed by atoms with Crippen molar-refractivity contribution in [2.75, 3.05) is 6.61 Å². The molecular formula is C8H6N2O3. The van der Waals surface area contributed by atoms with Crippen molar-refractivity contribution in [1.29, 1.82) is 5.26 Å². The van der Waals surface area contributed by atoms with Crippen molar-refractivity contribution in [2.24, 2.45) is 0 Å². The normalized spacial score (nSPS) is 9.23. The number of nitriles is 1. The summed E-state index contributed by atoms with van der Waals surface area (Å²) in [5, 5.41) is 17.0. The van der Waals surface area contributed by atoms with Crippen molar-refractivity contribution in [3.05, 3.63) is 33.7 Å². The summed E-state index contributed by atoms with van der Waals surface area (Å²) >= 11 is 0. The highest BCUT2D eigenvalue weighted by Crippen LogP contribution is 1.98. The van der Waals surface area contributed by atoms with Gasteiger partial charge in [0.25, 0.3) is 5.56 Å². The highest BCUT2D eigenvalue weighted by molar-refractivity contribution is 5.96. The molecule has 1 rings (SSSR count). The van der Waals surface area contributed by atoms with Gasteiger partial charge in [0.15, 0.2) is 5.78 Å². The van der Waals surface area contributed by atoms with E-state index in [-0.39, 0.29) is 11.1 Å². The molecule has 0 aliphatic heterocycles. The van der Waals surface area contributed by atoms with E-state index in [0.29, 0.717) is 0 Å². The third-order valence-corrected chi connectivity index (χ3v) is 1.49. The van der Waals surface area contributed by atoms with Crippen LogP contribution in [0.25, 0.3) is 0 Å². The van der Waals surface area contributed by atoms with E-state index in [4.69, 9.17) is 10.4 Å². The predicted molar refractivity (Wildman–Crippen MR) is 43.2 cm³/mol. The first-order valence-electron chi connectivity index (χ1n) is 3.46. The first-order valence-corrected chi connectivity index (χ1v) is 3.46. The van der Waals surface area contributed by atoms with E-state index < -0.39 is 17.9 Å². The number of hydrogen-bond donors (Lipinski definition) is 2. The molecule has 0 saturated carbocycles. The van der Waals surface area contributed by atoms with E-state index >= 15 is 0 Å². The van der Waals surface area contributed by atoms with Gasteiger partial charge in [-0.05, 0) is 6.07 Å². The molecule has 1 heterocycles. The number of ketones is 1. The summed E-state index contributed by atoms with van der Waals surface area (Å²) in [5.74, 6) is -0.534. The van der Waals surface area contributed by atoms with E-state index in [1.807, 2.05) is 0 Å². The van der Waals surface area contributed by atoms with E-state index in [0.717, 1.165) is 6.07 Å². The van der Waals surface area contributed by atoms with Gasteiger partial charge in [-0.1, -0.05) is 0 Å². The number of aromatic amines is 1. The van der Waals surface area contributed by atoms with Gasteiger partial charge in [0.05, 0.1) is 0 Å². The van der Waals surface area contributed by atoms with Gasteiger partial charge in [-0.2, -0.15) is 5.26 Å². The monoisotopic (exact) mass is 178 g/mol. The van der Waals surface area contributed by atoms with Crippen LogP contribution in [0.4, 0.5) is 0 Å². The van der Waals surface area contributed by atoms with Gasteiger partial charge in [0, 0.05) is 11.8 Å². The Morgan fingerprint density at radius 1 is 1.69 bits per heavy atom. The molecule has 13 heavy (non-hydrogen) atoms. The van der Waals surface area contributed by atoms with Gasteiger partial charge in [0.1, 0.15) is 18.2 Å². The maximum Gasteiger partial charge on any atom is 0.265 e. The number of pyridine rings is 1. The number of Topliss-reactive ketones (excluding diaryl/α,β-unsaturated/α-hetero) is 1. The molecule has 1 aromatic rings. The Labute approximate surface area is 73.3 Å². The third-order valence-electron chi connectivity index (χ3n) is 1.49. The minimum atomic E-state index is -0.642. The lowest BCUT2D eigenvalue weighted by Gasteiger charge is -1.95. The smallest absolute Gasteiger partial charge is 0.265 e. The number of nitrogens with zero attached hydrogens (tertiary/aromatic N) is 1. The minimum absolute atomic E-state index is 0.124. The fourth-order valence-electron chi connectivity index (χ4n) is 0.819. The second-order valence-electron chi connectivity index (χ2n) is 2.32. The van der Waals surface area contributed by atoms with E-state index in [1.54, 1.807) is 6.07 Å². The Morgan fingerprint density at radius 3 is 2.92 bits per heavy atom. The minimum Gasteiger partial charge on any atom is -0.388 e. The van der Waals surface area contributed by atoms with Gasteiger partial charge < -0.3 is 10.1 Å². The zero-order valence-electron chi connectivity index (χ0n) is 6.57. The number of nitrogens with one attached hydrogen (secondary N) is 1. The van der Waals surface area contributed by atoms with Gasteiger partial charge in [-0.25, -0.2) is 0 Å². The second-order valence-corrected chi connectivity index (χ2v) is 2.32. The molecule has 0 aromatic carbocycles. The van der Waals surface area contributed by atoms with Crippen molar-refractivity contribution < 1.29 is 9.90 Å². The Morgan fingerprint density at radius 2 is 2.38 bits per heavy atom. The average Bonchev–Trinajstić information content (AvgIpc) is 2.17. The molecule has 0 radical (unpaired) electrons.